The Labute approximate surface area is 100 Å². The Balaban J connectivity index is 2.23. The number of benzene rings is 1. The molecule has 4 heteroatoms. The van der Waals surface area contributed by atoms with Crippen LogP contribution in [0, 0.1) is 6.92 Å². The van der Waals surface area contributed by atoms with Crippen molar-refractivity contribution in [1.29, 1.82) is 0 Å². The monoisotopic (exact) mass is 239 g/mol. The Hall–Kier alpha value is -1.00. The average molecular weight is 239 g/mol. The van der Waals surface area contributed by atoms with Crippen LogP contribution in [0.2, 0.25) is 0 Å². The molecule has 0 aliphatic carbocycles. The molecule has 0 bridgehead atoms. The van der Waals surface area contributed by atoms with Gasteiger partial charge >= 0.3 is 0 Å². The van der Waals surface area contributed by atoms with Gasteiger partial charge in [-0.3, -0.25) is 4.79 Å². The summed E-state index contributed by atoms with van der Waals surface area (Å²) in [5.41, 5.74) is 2.32. The van der Waals surface area contributed by atoms with Gasteiger partial charge in [0, 0.05) is 12.3 Å². The number of thioether (sulfide) groups is 1. The zero-order valence-electron chi connectivity index (χ0n) is 9.40. The highest BCUT2D eigenvalue weighted by atomic mass is 32.2. The van der Waals surface area contributed by atoms with Gasteiger partial charge in [0.25, 0.3) is 0 Å². The molecule has 0 aromatic heterocycles. The van der Waals surface area contributed by atoms with E-state index < -0.39 is 0 Å². The largest absolute Gasteiger partial charge is 0.396 e. The summed E-state index contributed by atoms with van der Waals surface area (Å²) in [6, 6.07) is 8.08. The zero-order valence-corrected chi connectivity index (χ0v) is 10.2. The molecule has 0 saturated carbocycles. The predicted octanol–water partition coefficient (Wildman–Crippen LogP) is 1.34. The summed E-state index contributed by atoms with van der Waals surface area (Å²) in [5, 5.41) is 11.4. The summed E-state index contributed by atoms with van der Waals surface area (Å²) in [4.78, 5) is 11.3. The Morgan fingerprint density at radius 3 is 2.69 bits per heavy atom. The first kappa shape index (κ1) is 13.1. The van der Waals surface area contributed by atoms with Crippen LogP contribution >= 0.6 is 11.8 Å². The molecule has 16 heavy (non-hydrogen) atoms. The van der Waals surface area contributed by atoms with E-state index in [0.29, 0.717) is 18.1 Å². The molecule has 0 unspecified atom stereocenters. The van der Waals surface area contributed by atoms with Crippen molar-refractivity contribution in [3.05, 3.63) is 35.4 Å². The molecule has 1 amide bonds. The maximum Gasteiger partial charge on any atom is 0.230 e. The van der Waals surface area contributed by atoms with E-state index in [2.05, 4.69) is 5.32 Å². The number of aliphatic hydroxyl groups excluding tert-OH is 1. The number of carbonyl (C=O) groups excluding carboxylic acids is 1. The molecule has 88 valence electrons. The van der Waals surface area contributed by atoms with Crippen LogP contribution < -0.4 is 5.32 Å². The second-order valence-corrected chi connectivity index (χ2v) is 4.64. The third kappa shape index (κ3) is 5.19. The zero-order chi connectivity index (χ0) is 11.8. The predicted molar refractivity (Wildman–Crippen MR) is 67.4 cm³/mol. The summed E-state index contributed by atoms with van der Waals surface area (Å²) >= 11 is 1.44. The van der Waals surface area contributed by atoms with Gasteiger partial charge in [-0.15, -0.1) is 11.8 Å². The van der Waals surface area contributed by atoms with Gasteiger partial charge in [-0.05, 0) is 12.5 Å². The van der Waals surface area contributed by atoms with Crippen LogP contribution in [0.15, 0.2) is 24.3 Å². The fraction of sp³-hybridized carbons (Fsp3) is 0.417. The van der Waals surface area contributed by atoms with Crippen molar-refractivity contribution in [3.63, 3.8) is 0 Å². The maximum atomic E-state index is 11.3. The molecule has 1 rings (SSSR count). The lowest BCUT2D eigenvalue weighted by Gasteiger charge is -2.05. The molecular formula is C12H17NO2S. The van der Waals surface area contributed by atoms with Crippen LogP contribution in [0.25, 0.3) is 0 Å². The maximum absolute atomic E-state index is 11.3. The number of hydrogen-bond donors (Lipinski definition) is 2. The van der Waals surface area contributed by atoms with Gasteiger partial charge in [0.1, 0.15) is 0 Å². The molecule has 1 aromatic rings. The van der Waals surface area contributed by atoms with E-state index in [9.17, 15) is 4.79 Å². The van der Waals surface area contributed by atoms with E-state index in [0.717, 1.165) is 5.56 Å². The smallest absolute Gasteiger partial charge is 0.230 e. The van der Waals surface area contributed by atoms with Crippen molar-refractivity contribution in [2.45, 2.75) is 13.5 Å². The Bertz CT molecular complexity index is 324. The molecule has 0 saturated heterocycles. The molecule has 1 aromatic carbocycles. The van der Waals surface area contributed by atoms with Crippen molar-refractivity contribution in [2.24, 2.45) is 0 Å². The first-order chi connectivity index (χ1) is 7.72. The van der Waals surface area contributed by atoms with Gasteiger partial charge in [0.05, 0.1) is 12.4 Å². The third-order valence-corrected chi connectivity index (χ3v) is 3.02. The average Bonchev–Trinajstić information content (AvgIpc) is 2.29. The van der Waals surface area contributed by atoms with Gasteiger partial charge in [-0.1, -0.05) is 29.8 Å². The van der Waals surface area contributed by atoms with Gasteiger partial charge < -0.3 is 10.4 Å². The standard InChI is InChI=1S/C12H17NO2S/c1-10-2-4-11(5-3-10)8-13-12(15)9-16-7-6-14/h2-5,14H,6-9H2,1H3,(H,13,15). The lowest BCUT2D eigenvalue weighted by atomic mass is 10.1. The minimum atomic E-state index is 0.0130. The first-order valence-electron chi connectivity index (χ1n) is 5.23. The van der Waals surface area contributed by atoms with E-state index in [1.807, 2.05) is 31.2 Å². The summed E-state index contributed by atoms with van der Waals surface area (Å²) in [6.07, 6.45) is 0. The molecule has 0 heterocycles. The second kappa shape index (κ2) is 7.30. The Morgan fingerprint density at radius 1 is 1.38 bits per heavy atom. The molecule has 0 fully saturated rings. The molecule has 3 nitrogen and oxygen atoms in total. The Kier molecular flexibility index (Phi) is 5.96. The van der Waals surface area contributed by atoms with Crippen LogP contribution in [-0.2, 0) is 11.3 Å². The van der Waals surface area contributed by atoms with Crippen molar-refractivity contribution in [2.75, 3.05) is 18.1 Å². The molecule has 0 spiro atoms. The van der Waals surface area contributed by atoms with Gasteiger partial charge in [-0.2, -0.15) is 0 Å². The number of aliphatic hydroxyl groups is 1. The molecule has 0 aliphatic rings. The number of amides is 1. The topological polar surface area (TPSA) is 49.3 Å². The summed E-state index contributed by atoms with van der Waals surface area (Å²) < 4.78 is 0. The molecule has 0 aliphatic heterocycles. The lowest BCUT2D eigenvalue weighted by molar-refractivity contribution is -0.118. The van der Waals surface area contributed by atoms with Gasteiger partial charge in [-0.25, -0.2) is 0 Å². The number of aryl methyl sites for hydroxylation is 1. The van der Waals surface area contributed by atoms with E-state index in [-0.39, 0.29) is 12.5 Å². The quantitative estimate of drug-likeness (QED) is 0.736. The molecule has 0 atom stereocenters. The molecule has 2 N–H and O–H groups in total. The molecular weight excluding hydrogens is 222 g/mol. The van der Waals surface area contributed by atoms with Gasteiger partial charge in [0.15, 0.2) is 0 Å². The van der Waals surface area contributed by atoms with Crippen LogP contribution in [-0.4, -0.2) is 29.1 Å². The minimum Gasteiger partial charge on any atom is -0.396 e. The SMILES string of the molecule is Cc1ccc(CNC(=O)CSCCO)cc1. The first-order valence-corrected chi connectivity index (χ1v) is 6.38. The number of nitrogens with one attached hydrogen (secondary N) is 1. The minimum absolute atomic E-state index is 0.0130. The van der Waals surface area contributed by atoms with E-state index in [1.54, 1.807) is 0 Å². The highest BCUT2D eigenvalue weighted by Gasteiger charge is 2.00. The fourth-order valence-corrected chi connectivity index (χ4v) is 1.75. The summed E-state index contributed by atoms with van der Waals surface area (Å²) in [7, 11) is 0. The number of hydrogen-bond acceptors (Lipinski definition) is 3. The van der Waals surface area contributed by atoms with Crippen LogP contribution in [0.5, 0.6) is 0 Å². The van der Waals surface area contributed by atoms with Crippen LogP contribution in [0.3, 0.4) is 0 Å². The normalized spacial score (nSPS) is 10.1. The van der Waals surface area contributed by atoms with Crippen LogP contribution in [0.4, 0.5) is 0 Å². The van der Waals surface area contributed by atoms with E-state index >= 15 is 0 Å². The van der Waals surface area contributed by atoms with Gasteiger partial charge in [0.2, 0.25) is 5.91 Å². The van der Waals surface area contributed by atoms with Crippen LogP contribution in [0.1, 0.15) is 11.1 Å². The van der Waals surface area contributed by atoms with Crippen molar-refractivity contribution < 1.29 is 9.90 Å². The van der Waals surface area contributed by atoms with Crippen molar-refractivity contribution >= 4 is 17.7 Å². The second-order valence-electron chi connectivity index (χ2n) is 3.54. The summed E-state index contributed by atoms with van der Waals surface area (Å²) in [6.45, 7) is 2.72. The van der Waals surface area contributed by atoms with Crippen molar-refractivity contribution in [1.82, 2.24) is 5.32 Å². The van der Waals surface area contributed by atoms with E-state index in [4.69, 9.17) is 5.11 Å². The highest BCUT2D eigenvalue weighted by Crippen LogP contribution is 2.03. The molecule has 0 radical (unpaired) electrons. The fourth-order valence-electron chi connectivity index (χ4n) is 1.19. The van der Waals surface area contributed by atoms with Crippen molar-refractivity contribution in [3.8, 4) is 0 Å². The lowest BCUT2D eigenvalue weighted by Crippen LogP contribution is -2.24. The highest BCUT2D eigenvalue weighted by molar-refractivity contribution is 7.99. The van der Waals surface area contributed by atoms with E-state index in [1.165, 1.54) is 17.3 Å². The number of rotatable bonds is 6. The summed E-state index contributed by atoms with van der Waals surface area (Å²) in [5.74, 6) is 1.03. The third-order valence-electron chi connectivity index (χ3n) is 2.08. The Morgan fingerprint density at radius 2 is 2.06 bits per heavy atom. The number of carbonyl (C=O) groups is 1.